The Balaban J connectivity index is 0.000000150. The second-order valence-corrected chi connectivity index (χ2v) is 32.4. The molecule has 3 aromatic carbocycles. The van der Waals surface area contributed by atoms with Crippen LogP contribution in [0, 0.1) is 0 Å². The summed E-state index contributed by atoms with van der Waals surface area (Å²) in [7, 11) is 11.8. The van der Waals surface area contributed by atoms with E-state index in [0.717, 1.165) is 147 Å². The summed E-state index contributed by atoms with van der Waals surface area (Å²) >= 11 is 11.0. The van der Waals surface area contributed by atoms with Gasteiger partial charge in [0.25, 0.3) is 0 Å². The van der Waals surface area contributed by atoms with Gasteiger partial charge < -0.3 is 15.3 Å². The molecule has 87 heavy (non-hydrogen) atoms. The molecule has 0 radical (unpaired) electrons. The fourth-order valence-corrected chi connectivity index (χ4v) is 21.1. The number of pyridine rings is 1. The van der Waals surface area contributed by atoms with Crippen LogP contribution in [-0.4, -0.2) is 128 Å². The summed E-state index contributed by atoms with van der Waals surface area (Å²) < 4.78 is 3.29. The van der Waals surface area contributed by atoms with E-state index in [-0.39, 0.29) is 0 Å². The molecule has 3 aromatic heterocycles. The van der Waals surface area contributed by atoms with Crippen LogP contribution in [0.15, 0.2) is 103 Å². The van der Waals surface area contributed by atoms with Gasteiger partial charge in [-0.2, -0.15) is 0 Å². The molecule has 4 N–H and O–H groups in total. The minimum Gasteiger partial charge on any atom is -0.481 e. The van der Waals surface area contributed by atoms with Gasteiger partial charge in [-0.05, 0) is 172 Å². The maximum atomic E-state index is 10.2. The molecule has 3 atom stereocenters. The Morgan fingerprint density at radius 1 is 0.483 bits per heavy atom. The minimum atomic E-state index is -0.663. The third-order valence-electron chi connectivity index (χ3n) is 14.9. The Bertz CT molecular complexity index is 2900. The maximum absolute atomic E-state index is 10.2. The highest BCUT2D eigenvalue weighted by Crippen LogP contribution is 2.42. The molecule has 9 heterocycles. The predicted octanol–water partition coefficient (Wildman–Crippen LogP) is 16.5. The quantitative estimate of drug-likeness (QED) is 0.0389. The number of carboxylic acid groups (broad SMARTS) is 3. The molecule has 23 heteroatoms. The minimum absolute atomic E-state index is 0.338. The molecule has 0 saturated carbocycles. The van der Waals surface area contributed by atoms with E-state index < -0.39 is 17.9 Å². The van der Waals surface area contributed by atoms with Gasteiger partial charge in [0.15, 0.2) is 5.71 Å². The zero-order valence-corrected chi connectivity index (χ0v) is 58.9. The second kappa shape index (κ2) is 40.5. The maximum Gasteiger partial charge on any atom is 0.303 e. The van der Waals surface area contributed by atoms with Gasteiger partial charge in [-0.3, -0.25) is 49.3 Å². The first-order chi connectivity index (χ1) is 42.4. The molecule has 3 saturated heterocycles. The predicted molar refractivity (Wildman–Crippen MR) is 382 cm³/mol. The fraction of sp³-hybridized carbons (Fsp3) is 0.516. The van der Waals surface area contributed by atoms with Crippen LogP contribution in [0.3, 0.4) is 0 Å². The third-order valence-corrected chi connectivity index (χ3v) is 26.7. The van der Waals surface area contributed by atoms with Crippen molar-refractivity contribution in [3.63, 3.8) is 0 Å². The van der Waals surface area contributed by atoms with E-state index in [1.165, 1.54) is 121 Å². The normalized spacial score (nSPS) is 18.4. The Labute approximate surface area is 561 Å². The summed E-state index contributed by atoms with van der Waals surface area (Å²) in [6.45, 7) is 3.10. The summed E-state index contributed by atoms with van der Waals surface area (Å²) in [5.41, 5.74) is 12.7. The number of aliphatic carboxylic acids is 3. The van der Waals surface area contributed by atoms with Crippen molar-refractivity contribution in [3.05, 3.63) is 110 Å². The molecular weight excluding hydrogens is 1410 g/mol. The molecule has 3 unspecified atom stereocenters. The van der Waals surface area contributed by atoms with Crippen molar-refractivity contribution in [3.8, 4) is 0 Å². The van der Waals surface area contributed by atoms with Crippen molar-refractivity contribution in [2.24, 2.45) is 9.98 Å². The van der Waals surface area contributed by atoms with E-state index in [1.807, 2.05) is 89.2 Å². The highest BCUT2D eigenvalue weighted by Gasteiger charge is 2.20. The van der Waals surface area contributed by atoms with Gasteiger partial charge in [-0.15, -0.1) is 0 Å². The van der Waals surface area contributed by atoms with Crippen LogP contribution in [0.4, 0.5) is 0 Å². The number of halogens is 3. The van der Waals surface area contributed by atoms with Gasteiger partial charge >= 0.3 is 17.9 Å². The molecule has 0 bridgehead atoms. The SMILES string of the molecule is Brc1c(CC2=NCCC2)ccc2ncccc12.Brc1c(CC2=NCCC2)ccc2nccnc12.Brc1c(CC2=[NH+]CCC2)ccc2nccnc12.O=C(O)CCCCC1CCSS1.O=C(O)CCCCC1CCSS1.O=C(O)CCCCC1CCSS1. The smallest absolute Gasteiger partial charge is 0.303 e. The van der Waals surface area contributed by atoms with Crippen LogP contribution in [-0.2, 0) is 33.6 Å². The lowest BCUT2D eigenvalue weighted by Crippen LogP contribution is -2.69. The molecule has 0 amide bonds. The van der Waals surface area contributed by atoms with Crippen LogP contribution >= 0.6 is 113 Å². The van der Waals surface area contributed by atoms with E-state index in [0.29, 0.717) is 19.3 Å². The lowest BCUT2D eigenvalue weighted by molar-refractivity contribution is -0.448. The molecule has 3 fully saturated rings. The number of fused-ring (bicyclic) bond motifs is 3. The van der Waals surface area contributed by atoms with Crippen LogP contribution in [0.1, 0.15) is 152 Å². The molecular formula is C64H80Br3N8O6S6+. The number of aromatic nitrogens is 5. The second-order valence-electron chi connectivity index (χ2n) is 21.7. The van der Waals surface area contributed by atoms with E-state index >= 15 is 0 Å². The Hall–Kier alpha value is -3.29. The average molecular weight is 1490 g/mol. The first-order valence-corrected chi connectivity index (χ1v) is 39.8. The zero-order valence-electron chi connectivity index (χ0n) is 49.2. The van der Waals surface area contributed by atoms with Gasteiger partial charge in [0.1, 0.15) is 17.6 Å². The van der Waals surface area contributed by atoms with Crippen LogP contribution in [0.25, 0.3) is 33.0 Å². The zero-order chi connectivity index (χ0) is 61.4. The number of hydrogen-bond acceptors (Lipinski definition) is 16. The van der Waals surface area contributed by atoms with Crippen molar-refractivity contribution >= 4 is 181 Å². The molecule has 6 aromatic rings. The third kappa shape index (κ3) is 26.1. The number of aliphatic imine (C=N–C) groups is 2. The summed E-state index contributed by atoms with van der Waals surface area (Å²) in [5, 5.41) is 28.8. The van der Waals surface area contributed by atoms with Gasteiger partial charge in [-0.1, -0.05) is 108 Å². The van der Waals surface area contributed by atoms with Gasteiger partial charge in [0.05, 0.1) is 23.0 Å². The first kappa shape index (κ1) is 71.2. The lowest BCUT2D eigenvalue weighted by Gasteiger charge is -2.07. The van der Waals surface area contributed by atoms with Crippen molar-refractivity contribution in [1.82, 2.24) is 24.9 Å². The fourth-order valence-electron chi connectivity index (χ4n) is 10.3. The summed E-state index contributed by atoms with van der Waals surface area (Å²) in [6.07, 6.45) is 33.0. The highest BCUT2D eigenvalue weighted by molar-refractivity contribution is 9.11. The van der Waals surface area contributed by atoms with E-state index in [4.69, 9.17) is 15.3 Å². The number of nitrogens with one attached hydrogen (secondary N) is 1. The standard InChI is InChI=1S/C14H13BrN2.2C13H12BrN3.3C8H14O2S2/c15-14-10(9-11-3-1-7-16-11)5-6-13-12(14)4-2-8-17-13;2*14-12-9(8-10-2-1-5-15-10)3-4-11-13(12)17-7-6-16-11;3*9-8(10)4-2-1-3-7-5-6-11-12-7/h2,4-6,8H,1,3,7,9H2;2*3-4,6-7H,1-2,5,8H2;3*7H,1-6H2,(H,9,10)/p+1. The van der Waals surface area contributed by atoms with E-state index in [9.17, 15) is 14.4 Å². The summed E-state index contributed by atoms with van der Waals surface area (Å²) in [6, 6.07) is 16.6. The Kier molecular flexibility index (Phi) is 33.2. The number of benzene rings is 3. The molecule has 468 valence electrons. The van der Waals surface area contributed by atoms with Crippen molar-refractivity contribution < 1.29 is 34.7 Å². The van der Waals surface area contributed by atoms with Gasteiger partial charge in [0, 0.05) is 152 Å². The number of nitrogens with zero attached hydrogens (tertiary/aromatic N) is 7. The number of hydrogen-bond donors (Lipinski definition) is 4. The van der Waals surface area contributed by atoms with Crippen LogP contribution < -0.4 is 4.99 Å². The molecule has 6 aliphatic rings. The van der Waals surface area contributed by atoms with Gasteiger partial charge in [-0.25, -0.2) is 4.99 Å². The molecule has 12 rings (SSSR count). The summed E-state index contributed by atoms with van der Waals surface area (Å²) in [5.74, 6) is 1.83. The number of unbranched alkanes of at least 4 members (excludes halogenated alkanes) is 3. The number of carbonyl (C=O) groups is 3. The van der Waals surface area contributed by atoms with E-state index in [2.05, 4.69) is 118 Å². The lowest BCUT2D eigenvalue weighted by atomic mass is 10.0. The number of carboxylic acids is 3. The average Bonchev–Trinajstić information content (AvgIpc) is 4.04. The summed E-state index contributed by atoms with van der Waals surface area (Å²) in [4.78, 5) is 64.7. The highest BCUT2D eigenvalue weighted by atomic mass is 79.9. The van der Waals surface area contributed by atoms with Crippen molar-refractivity contribution in [2.75, 3.05) is 36.9 Å². The topological polar surface area (TPSA) is 215 Å². The van der Waals surface area contributed by atoms with Gasteiger partial charge in [0.2, 0.25) is 0 Å². The molecule has 0 aliphatic carbocycles. The molecule has 14 nitrogen and oxygen atoms in total. The first-order valence-electron chi connectivity index (χ1n) is 30.3. The number of rotatable bonds is 21. The van der Waals surface area contributed by atoms with Crippen molar-refractivity contribution in [2.45, 2.75) is 170 Å². The van der Waals surface area contributed by atoms with Crippen molar-refractivity contribution in [1.29, 1.82) is 0 Å². The molecule has 6 aliphatic heterocycles. The molecule has 0 spiro atoms. The van der Waals surface area contributed by atoms with Crippen LogP contribution in [0.5, 0.6) is 0 Å². The Morgan fingerprint density at radius 2 is 0.908 bits per heavy atom. The monoisotopic (exact) mass is 1490 g/mol. The Morgan fingerprint density at radius 3 is 1.31 bits per heavy atom. The van der Waals surface area contributed by atoms with E-state index in [1.54, 1.807) is 24.8 Å². The van der Waals surface area contributed by atoms with Crippen LogP contribution in [0.2, 0.25) is 0 Å². The largest absolute Gasteiger partial charge is 0.481 e.